The summed E-state index contributed by atoms with van der Waals surface area (Å²) in [4.78, 5) is 14.0. The molecule has 2 heteroatoms. The van der Waals surface area contributed by atoms with E-state index in [-0.39, 0.29) is 5.41 Å². The van der Waals surface area contributed by atoms with E-state index < -0.39 is 0 Å². The van der Waals surface area contributed by atoms with E-state index in [1.807, 2.05) is 0 Å². The van der Waals surface area contributed by atoms with E-state index in [1.165, 1.54) is 64.3 Å². The third kappa shape index (κ3) is 3.07. The van der Waals surface area contributed by atoms with E-state index in [0.717, 1.165) is 19.4 Å². The van der Waals surface area contributed by atoms with Gasteiger partial charge in [0.1, 0.15) is 6.29 Å². The van der Waals surface area contributed by atoms with Crippen LogP contribution in [0.1, 0.15) is 57.8 Å². The molecular formula is C14H25NO. The third-order valence-electron chi connectivity index (χ3n) is 4.34. The molecule has 1 aliphatic carbocycles. The van der Waals surface area contributed by atoms with Gasteiger partial charge < -0.3 is 9.69 Å². The quantitative estimate of drug-likeness (QED) is 0.541. The minimum atomic E-state index is 0.00778. The van der Waals surface area contributed by atoms with Crippen molar-refractivity contribution >= 4 is 6.29 Å². The van der Waals surface area contributed by atoms with Crippen molar-refractivity contribution in [3.8, 4) is 0 Å². The highest BCUT2D eigenvalue weighted by Gasteiger charge is 2.32. The van der Waals surface area contributed by atoms with Crippen LogP contribution in [-0.2, 0) is 4.79 Å². The minimum Gasteiger partial charge on any atom is -0.303 e. The van der Waals surface area contributed by atoms with Crippen LogP contribution in [0.2, 0.25) is 0 Å². The van der Waals surface area contributed by atoms with Gasteiger partial charge in [-0.3, -0.25) is 0 Å². The number of hydrogen-bond donors (Lipinski definition) is 0. The topological polar surface area (TPSA) is 20.3 Å². The Hall–Kier alpha value is -0.370. The summed E-state index contributed by atoms with van der Waals surface area (Å²) in [6.07, 6.45) is 12.8. The molecule has 1 heterocycles. The van der Waals surface area contributed by atoms with Crippen LogP contribution in [-0.4, -0.2) is 30.8 Å². The lowest BCUT2D eigenvalue weighted by atomic mass is 9.81. The molecule has 2 rings (SSSR count). The Morgan fingerprint density at radius 2 is 1.44 bits per heavy atom. The molecule has 0 aromatic rings. The van der Waals surface area contributed by atoms with Gasteiger partial charge in [-0.25, -0.2) is 0 Å². The van der Waals surface area contributed by atoms with Gasteiger partial charge in [-0.15, -0.1) is 0 Å². The lowest BCUT2D eigenvalue weighted by Crippen LogP contribution is -2.41. The first-order valence-electron chi connectivity index (χ1n) is 7.03. The first kappa shape index (κ1) is 12.1. The fourth-order valence-corrected chi connectivity index (χ4v) is 3.31. The van der Waals surface area contributed by atoms with Crippen molar-refractivity contribution in [3.63, 3.8) is 0 Å². The Balaban J connectivity index is 1.93. The normalized spacial score (nSPS) is 27.2. The molecule has 1 saturated carbocycles. The monoisotopic (exact) mass is 223 g/mol. The number of piperidine rings is 1. The predicted molar refractivity (Wildman–Crippen MR) is 66.5 cm³/mol. The Bertz CT molecular complexity index is 213. The minimum absolute atomic E-state index is 0.00778. The molecular weight excluding hydrogens is 198 g/mol. The maximum absolute atomic E-state index is 11.5. The second-order valence-corrected chi connectivity index (χ2v) is 5.73. The van der Waals surface area contributed by atoms with E-state index in [9.17, 15) is 4.79 Å². The summed E-state index contributed by atoms with van der Waals surface area (Å²) >= 11 is 0. The van der Waals surface area contributed by atoms with Gasteiger partial charge in [0.15, 0.2) is 0 Å². The maximum Gasteiger partial charge on any atom is 0.127 e. The summed E-state index contributed by atoms with van der Waals surface area (Å²) in [5, 5.41) is 0. The van der Waals surface area contributed by atoms with Crippen LogP contribution < -0.4 is 0 Å². The van der Waals surface area contributed by atoms with E-state index in [4.69, 9.17) is 0 Å². The van der Waals surface area contributed by atoms with Gasteiger partial charge in [-0.2, -0.15) is 0 Å². The van der Waals surface area contributed by atoms with Crippen LogP contribution in [0.25, 0.3) is 0 Å². The Morgan fingerprint density at radius 3 is 2.00 bits per heavy atom. The standard InChI is InChI=1S/C14H25NO/c16-13-14(8-4-1-2-5-9-14)12-15-10-6-3-7-11-15/h13H,1-12H2. The molecule has 1 aliphatic heterocycles. The number of hydrogen-bond acceptors (Lipinski definition) is 2. The van der Waals surface area contributed by atoms with Crippen molar-refractivity contribution in [2.24, 2.45) is 5.41 Å². The van der Waals surface area contributed by atoms with E-state index in [1.54, 1.807) is 0 Å². The number of carbonyl (C=O) groups is 1. The second kappa shape index (κ2) is 5.81. The SMILES string of the molecule is O=CC1(CN2CCCCC2)CCCCCC1. The summed E-state index contributed by atoms with van der Waals surface area (Å²) in [7, 11) is 0. The van der Waals surface area contributed by atoms with Gasteiger partial charge in [0.05, 0.1) is 0 Å². The Kier molecular flexibility index (Phi) is 4.39. The first-order valence-corrected chi connectivity index (χ1v) is 7.03. The molecule has 0 aromatic carbocycles. The van der Waals surface area contributed by atoms with Crippen LogP contribution in [0.15, 0.2) is 0 Å². The van der Waals surface area contributed by atoms with Crippen molar-refractivity contribution in [1.29, 1.82) is 0 Å². The highest BCUT2D eigenvalue weighted by Crippen LogP contribution is 2.34. The average Bonchev–Trinajstić information content (AvgIpc) is 2.57. The molecule has 2 nitrogen and oxygen atoms in total. The zero-order chi connectivity index (χ0) is 11.3. The molecule has 1 saturated heterocycles. The Labute approximate surface area is 99.4 Å². The van der Waals surface area contributed by atoms with Gasteiger partial charge in [0.2, 0.25) is 0 Å². The highest BCUT2D eigenvalue weighted by molar-refractivity contribution is 5.59. The van der Waals surface area contributed by atoms with E-state index in [0.29, 0.717) is 0 Å². The molecule has 0 radical (unpaired) electrons. The molecule has 0 aromatic heterocycles. The lowest BCUT2D eigenvalue weighted by molar-refractivity contribution is -0.118. The molecule has 0 N–H and O–H groups in total. The number of nitrogens with zero attached hydrogens (tertiary/aromatic N) is 1. The first-order chi connectivity index (χ1) is 7.85. The third-order valence-corrected chi connectivity index (χ3v) is 4.34. The van der Waals surface area contributed by atoms with Gasteiger partial charge in [-0.1, -0.05) is 32.1 Å². The van der Waals surface area contributed by atoms with Crippen molar-refractivity contribution < 1.29 is 4.79 Å². The summed E-state index contributed by atoms with van der Waals surface area (Å²) in [6.45, 7) is 3.47. The van der Waals surface area contributed by atoms with Crippen LogP contribution in [0, 0.1) is 5.41 Å². The second-order valence-electron chi connectivity index (χ2n) is 5.73. The van der Waals surface area contributed by atoms with E-state index >= 15 is 0 Å². The van der Waals surface area contributed by atoms with Crippen LogP contribution in [0.3, 0.4) is 0 Å². The number of aldehydes is 1. The van der Waals surface area contributed by atoms with Crippen LogP contribution in [0.5, 0.6) is 0 Å². The number of carbonyl (C=O) groups excluding carboxylic acids is 1. The summed E-state index contributed by atoms with van der Waals surface area (Å²) in [5.74, 6) is 0. The van der Waals surface area contributed by atoms with E-state index in [2.05, 4.69) is 4.90 Å². The molecule has 0 amide bonds. The van der Waals surface area contributed by atoms with Crippen molar-refractivity contribution in [2.45, 2.75) is 57.8 Å². The molecule has 0 atom stereocenters. The lowest BCUT2D eigenvalue weighted by Gasteiger charge is -2.35. The molecule has 2 aliphatic rings. The van der Waals surface area contributed by atoms with Gasteiger partial charge in [-0.05, 0) is 38.8 Å². The Morgan fingerprint density at radius 1 is 0.875 bits per heavy atom. The summed E-state index contributed by atoms with van der Waals surface area (Å²) < 4.78 is 0. The molecule has 2 fully saturated rings. The molecule has 16 heavy (non-hydrogen) atoms. The zero-order valence-electron chi connectivity index (χ0n) is 10.4. The van der Waals surface area contributed by atoms with Gasteiger partial charge >= 0.3 is 0 Å². The summed E-state index contributed by atoms with van der Waals surface area (Å²) in [6, 6.07) is 0. The molecule has 92 valence electrons. The fourth-order valence-electron chi connectivity index (χ4n) is 3.31. The van der Waals surface area contributed by atoms with Crippen LogP contribution in [0.4, 0.5) is 0 Å². The molecule has 0 spiro atoms. The largest absolute Gasteiger partial charge is 0.303 e. The predicted octanol–water partition coefficient (Wildman–Crippen LogP) is 3.01. The smallest absolute Gasteiger partial charge is 0.127 e. The summed E-state index contributed by atoms with van der Waals surface area (Å²) in [5.41, 5.74) is 0.00778. The number of likely N-dealkylation sites (tertiary alicyclic amines) is 1. The fraction of sp³-hybridized carbons (Fsp3) is 0.929. The zero-order valence-corrected chi connectivity index (χ0v) is 10.4. The molecule has 0 unspecified atom stereocenters. The van der Waals surface area contributed by atoms with Crippen molar-refractivity contribution in [2.75, 3.05) is 19.6 Å². The van der Waals surface area contributed by atoms with Crippen molar-refractivity contribution in [1.82, 2.24) is 4.90 Å². The highest BCUT2D eigenvalue weighted by atomic mass is 16.1. The van der Waals surface area contributed by atoms with Gasteiger partial charge in [0.25, 0.3) is 0 Å². The van der Waals surface area contributed by atoms with Crippen molar-refractivity contribution in [3.05, 3.63) is 0 Å². The number of rotatable bonds is 3. The average molecular weight is 223 g/mol. The van der Waals surface area contributed by atoms with Crippen LogP contribution >= 0.6 is 0 Å². The molecule has 0 bridgehead atoms. The van der Waals surface area contributed by atoms with Gasteiger partial charge in [0, 0.05) is 12.0 Å². The maximum atomic E-state index is 11.5.